The number of nitrogen functional groups attached to an aromatic ring is 1. The van der Waals surface area contributed by atoms with Crippen LogP contribution < -0.4 is 5.73 Å². The number of carbonyl (C=O) groups excluding carboxylic acids is 1. The number of hydrogen-bond acceptors (Lipinski definition) is 2. The van der Waals surface area contributed by atoms with Gasteiger partial charge in [0.25, 0.3) is 0 Å². The van der Waals surface area contributed by atoms with E-state index in [9.17, 15) is 4.79 Å². The monoisotopic (exact) mass is 282 g/mol. The fourth-order valence-corrected chi connectivity index (χ4v) is 2.32. The van der Waals surface area contributed by atoms with Crippen molar-refractivity contribution in [1.29, 1.82) is 0 Å². The van der Waals surface area contributed by atoms with Gasteiger partial charge in [-0.15, -0.1) is 0 Å². The number of rotatable bonds is 5. The topological polar surface area (TPSA) is 46.3 Å². The second kappa shape index (κ2) is 6.93. The highest BCUT2D eigenvalue weighted by Crippen LogP contribution is 2.13. The lowest BCUT2D eigenvalue weighted by Gasteiger charge is -2.27. The van der Waals surface area contributed by atoms with Crippen molar-refractivity contribution in [2.45, 2.75) is 32.9 Å². The number of carbonyl (C=O) groups is 1. The molecule has 0 aliphatic heterocycles. The predicted molar refractivity (Wildman–Crippen MR) is 86.7 cm³/mol. The van der Waals surface area contributed by atoms with Crippen LogP contribution in [-0.4, -0.2) is 16.8 Å². The van der Waals surface area contributed by atoms with Gasteiger partial charge in [-0.05, 0) is 37.1 Å². The minimum Gasteiger partial charge on any atom is -0.399 e. The lowest BCUT2D eigenvalue weighted by Crippen LogP contribution is -2.37. The Kier molecular flexibility index (Phi) is 4.99. The summed E-state index contributed by atoms with van der Waals surface area (Å²) in [7, 11) is 0. The summed E-state index contributed by atoms with van der Waals surface area (Å²) in [6.45, 7) is 4.67. The average molecular weight is 282 g/mol. The molecule has 2 N–H and O–H groups in total. The minimum atomic E-state index is 0.138. The van der Waals surface area contributed by atoms with Gasteiger partial charge < -0.3 is 10.6 Å². The van der Waals surface area contributed by atoms with E-state index < -0.39 is 0 Å². The van der Waals surface area contributed by atoms with Gasteiger partial charge in [0.05, 0.1) is 6.42 Å². The SMILES string of the molecule is CC(C)N(Cc1cccc(N)c1)C(=O)Cc1ccccc1. The Morgan fingerprint density at radius 1 is 1.05 bits per heavy atom. The van der Waals surface area contributed by atoms with E-state index in [4.69, 9.17) is 5.73 Å². The molecule has 0 bridgehead atoms. The maximum atomic E-state index is 12.5. The van der Waals surface area contributed by atoms with Gasteiger partial charge in [0.1, 0.15) is 0 Å². The van der Waals surface area contributed by atoms with Gasteiger partial charge in [-0.3, -0.25) is 4.79 Å². The first-order chi connectivity index (χ1) is 10.1. The van der Waals surface area contributed by atoms with Crippen molar-refractivity contribution in [2.75, 3.05) is 5.73 Å². The summed E-state index contributed by atoms with van der Waals surface area (Å²) in [5.41, 5.74) is 8.64. The van der Waals surface area contributed by atoms with E-state index >= 15 is 0 Å². The average Bonchev–Trinajstić information content (AvgIpc) is 2.45. The number of anilines is 1. The summed E-state index contributed by atoms with van der Waals surface area (Å²) in [6, 6.07) is 17.7. The van der Waals surface area contributed by atoms with Crippen LogP contribution in [0.4, 0.5) is 5.69 Å². The zero-order chi connectivity index (χ0) is 15.2. The molecule has 0 atom stereocenters. The van der Waals surface area contributed by atoms with Crippen molar-refractivity contribution in [2.24, 2.45) is 0 Å². The Morgan fingerprint density at radius 2 is 1.71 bits per heavy atom. The Labute approximate surface area is 126 Å². The summed E-state index contributed by atoms with van der Waals surface area (Å²) in [5, 5.41) is 0. The molecule has 0 fully saturated rings. The molecule has 2 aromatic rings. The van der Waals surface area contributed by atoms with Crippen LogP contribution in [0.5, 0.6) is 0 Å². The first-order valence-electron chi connectivity index (χ1n) is 7.24. The van der Waals surface area contributed by atoms with Gasteiger partial charge in [0.2, 0.25) is 5.91 Å². The summed E-state index contributed by atoms with van der Waals surface area (Å²) < 4.78 is 0. The smallest absolute Gasteiger partial charge is 0.227 e. The standard InChI is InChI=1S/C18H22N2O/c1-14(2)20(13-16-9-6-10-17(19)11-16)18(21)12-15-7-4-3-5-8-15/h3-11,14H,12-13,19H2,1-2H3. The van der Waals surface area contributed by atoms with E-state index in [0.717, 1.165) is 16.8 Å². The molecule has 0 aromatic heterocycles. The quantitative estimate of drug-likeness (QED) is 0.856. The highest BCUT2D eigenvalue weighted by molar-refractivity contribution is 5.79. The van der Waals surface area contributed by atoms with E-state index in [1.807, 2.05) is 73.3 Å². The van der Waals surface area contributed by atoms with Crippen molar-refractivity contribution >= 4 is 11.6 Å². The summed E-state index contributed by atoms with van der Waals surface area (Å²) >= 11 is 0. The molecule has 0 heterocycles. The Hall–Kier alpha value is -2.29. The van der Waals surface area contributed by atoms with Crippen LogP contribution in [0.3, 0.4) is 0 Å². The third-order valence-corrected chi connectivity index (χ3v) is 3.45. The van der Waals surface area contributed by atoms with E-state index in [1.165, 1.54) is 0 Å². The molecule has 0 aliphatic rings. The third kappa shape index (κ3) is 4.35. The lowest BCUT2D eigenvalue weighted by molar-refractivity contribution is -0.132. The van der Waals surface area contributed by atoms with Crippen LogP contribution in [0.1, 0.15) is 25.0 Å². The van der Waals surface area contributed by atoms with Gasteiger partial charge in [-0.25, -0.2) is 0 Å². The second-order valence-electron chi connectivity index (χ2n) is 5.52. The molecule has 3 nitrogen and oxygen atoms in total. The first-order valence-corrected chi connectivity index (χ1v) is 7.24. The maximum absolute atomic E-state index is 12.5. The Balaban J connectivity index is 2.10. The molecular weight excluding hydrogens is 260 g/mol. The van der Waals surface area contributed by atoms with Crippen LogP contribution in [0.25, 0.3) is 0 Å². The normalized spacial score (nSPS) is 10.6. The van der Waals surface area contributed by atoms with Gasteiger partial charge in [0, 0.05) is 18.3 Å². The zero-order valence-corrected chi connectivity index (χ0v) is 12.6. The largest absolute Gasteiger partial charge is 0.399 e. The molecule has 2 rings (SSSR count). The van der Waals surface area contributed by atoms with Crippen LogP contribution in [0, 0.1) is 0 Å². The highest BCUT2D eigenvalue weighted by atomic mass is 16.2. The van der Waals surface area contributed by atoms with E-state index in [1.54, 1.807) is 0 Å². The molecule has 0 spiro atoms. The molecule has 21 heavy (non-hydrogen) atoms. The lowest BCUT2D eigenvalue weighted by atomic mass is 10.1. The molecule has 3 heteroatoms. The summed E-state index contributed by atoms with van der Waals surface area (Å²) in [5.74, 6) is 0.138. The maximum Gasteiger partial charge on any atom is 0.227 e. The van der Waals surface area contributed by atoms with Gasteiger partial charge >= 0.3 is 0 Å². The third-order valence-electron chi connectivity index (χ3n) is 3.45. The van der Waals surface area contributed by atoms with Gasteiger partial charge in [-0.1, -0.05) is 42.5 Å². The fourth-order valence-electron chi connectivity index (χ4n) is 2.32. The first kappa shape index (κ1) is 15.1. The molecular formula is C18H22N2O. The fraction of sp³-hybridized carbons (Fsp3) is 0.278. The molecule has 1 amide bonds. The number of nitrogens with zero attached hydrogens (tertiary/aromatic N) is 1. The van der Waals surface area contributed by atoms with Crippen molar-refractivity contribution in [1.82, 2.24) is 4.90 Å². The van der Waals surface area contributed by atoms with Crippen LogP contribution in [-0.2, 0) is 17.8 Å². The second-order valence-corrected chi connectivity index (χ2v) is 5.52. The van der Waals surface area contributed by atoms with Crippen LogP contribution in [0.2, 0.25) is 0 Å². The minimum absolute atomic E-state index is 0.138. The van der Waals surface area contributed by atoms with Gasteiger partial charge in [0.15, 0.2) is 0 Å². The molecule has 110 valence electrons. The number of amides is 1. The molecule has 0 saturated heterocycles. The number of hydrogen-bond donors (Lipinski definition) is 1. The molecule has 0 aliphatic carbocycles. The zero-order valence-electron chi connectivity index (χ0n) is 12.6. The number of benzene rings is 2. The van der Waals surface area contributed by atoms with Crippen LogP contribution in [0.15, 0.2) is 54.6 Å². The van der Waals surface area contributed by atoms with E-state index in [2.05, 4.69) is 0 Å². The molecule has 0 saturated carbocycles. The van der Waals surface area contributed by atoms with Crippen molar-refractivity contribution < 1.29 is 4.79 Å². The Morgan fingerprint density at radius 3 is 2.33 bits per heavy atom. The summed E-state index contributed by atoms with van der Waals surface area (Å²) in [6.07, 6.45) is 0.432. The summed E-state index contributed by atoms with van der Waals surface area (Å²) in [4.78, 5) is 14.4. The van der Waals surface area contributed by atoms with Crippen molar-refractivity contribution in [3.8, 4) is 0 Å². The van der Waals surface area contributed by atoms with Crippen LogP contribution >= 0.6 is 0 Å². The van der Waals surface area contributed by atoms with Crippen molar-refractivity contribution in [3.63, 3.8) is 0 Å². The Bertz CT molecular complexity index is 593. The molecule has 2 aromatic carbocycles. The molecule has 0 radical (unpaired) electrons. The van der Waals surface area contributed by atoms with Gasteiger partial charge in [-0.2, -0.15) is 0 Å². The van der Waals surface area contributed by atoms with E-state index in [-0.39, 0.29) is 11.9 Å². The highest BCUT2D eigenvalue weighted by Gasteiger charge is 2.17. The van der Waals surface area contributed by atoms with E-state index in [0.29, 0.717) is 13.0 Å². The molecule has 0 unspecified atom stereocenters. The number of nitrogens with two attached hydrogens (primary N) is 1. The predicted octanol–water partition coefficient (Wildman–Crippen LogP) is 3.25. The van der Waals surface area contributed by atoms with Crippen molar-refractivity contribution in [3.05, 3.63) is 65.7 Å².